The second-order valence-electron chi connectivity index (χ2n) is 7.09. The van der Waals surface area contributed by atoms with Crippen molar-refractivity contribution in [3.05, 3.63) is 76.7 Å². The second kappa shape index (κ2) is 8.18. The first-order valence-corrected chi connectivity index (χ1v) is 9.54. The molecule has 7 nitrogen and oxygen atoms in total. The molecule has 0 spiro atoms. The Labute approximate surface area is 168 Å². The molecule has 1 amide bonds. The summed E-state index contributed by atoms with van der Waals surface area (Å²) < 4.78 is 7.08. The highest BCUT2D eigenvalue weighted by Crippen LogP contribution is 2.29. The zero-order valence-electron chi connectivity index (χ0n) is 16.1. The molecule has 0 saturated heterocycles. The van der Waals surface area contributed by atoms with Crippen molar-refractivity contribution in [1.82, 2.24) is 15.1 Å². The summed E-state index contributed by atoms with van der Waals surface area (Å²) >= 11 is 0. The first-order valence-electron chi connectivity index (χ1n) is 9.54. The molecule has 0 unspecified atom stereocenters. The summed E-state index contributed by atoms with van der Waals surface area (Å²) in [6, 6.07) is 16.2. The third-order valence-corrected chi connectivity index (χ3v) is 4.72. The minimum Gasteiger partial charge on any atom is -0.453 e. The first kappa shape index (κ1) is 18.7. The van der Waals surface area contributed by atoms with Crippen LogP contribution in [-0.2, 0) is 7.05 Å². The molecule has 1 aliphatic carbocycles. The van der Waals surface area contributed by atoms with Gasteiger partial charge in [-0.1, -0.05) is 24.3 Å². The number of anilines is 2. The predicted molar refractivity (Wildman–Crippen MR) is 111 cm³/mol. The lowest BCUT2D eigenvalue weighted by atomic mass is 10.2. The second-order valence-corrected chi connectivity index (χ2v) is 7.09. The standard InChI is InChI=1S/C22H22N4O3/c1-26-22(28)20(19(14-24-26)29-18-8-3-2-4-9-18)25-17-7-5-6-16(12-17)21(27)23-13-15-10-11-15/h2-9,12,14-15,25H,10-11,13H2,1H3,(H,23,27). The molecule has 3 aromatic rings. The van der Waals surface area contributed by atoms with Gasteiger partial charge in [-0.2, -0.15) is 5.10 Å². The summed E-state index contributed by atoms with van der Waals surface area (Å²) in [7, 11) is 1.57. The fourth-order valence-electron chi connectivity index (χ4n) is 2.87. The maximum atomic E-state index is 12.7. The Kier molecular flexibility index (Phi) is 5.29. The molecule has 4 rings (SSSR count). The van der Waals surface area contributed by atoms with Gasteiger partial charge < -0.3 is 15.4 Å². The van der Waals surface area contributed by atoms with Gasteiger partial charge in [0, 0.05) is 24.8 Å². The van der Waals surface area contributed by atoms with Gasteiger partial charge in [0.25, 0.3) is 11.5 Å². The first-order chi connectivity index (χ1) is 14.1. The van der Waals surface area contributed by atoms with E-state index in [2.05, 4.69) is 15.7 Å². The summed E-state index contributed by atoms with van der Waals surface area (Å²) in [4.78, 5) is 25.0. The zero-order chi connectivity index (χ0) is 20.2. The highest BCUT2D eigenvalue weighted by molar-refractivity contribution is 5.95. The minimum atomic E-state index is -0.331. The van der Waals surface area contributed by atoms with Crippen LogP contribution in [0.5, 0.6) is 11.5 Å². The number of carbonyl (C=O) groups is 1. The highest BCUT2D eigenvalue weighted by Gasteiger charge is 2.22. The topological polar surface area (TPSA) is 85.2 Å². The van der Waals surface area contributed by atoms with Crippen LogP contribution in [0.15, 0.2) is 65.6 Å². The maximum Gasteiger partial charge on any atom is 0.294 e. The average molecular weight is 390 g/mol. The van der Waals surface area contributed by atoms with E-state index in [9.17, 15) is 9.59 Å². The van der Waals surface area contributed by atoms with Gasteiger partial charge in [-0.25, -0.2) is 4.68 Å². The Morgan fingerprint density at radius 1 is 1.17 bits per heavy atom. The van der Waals surface area contributed by atoms with Crippen LogP contribution < -0.4 is 20.9 Å². The van der Waals surface area contributed by atoms with Gasteiger partial charge in [0.1, 0.15) is 5.75 Å². The molecule has 1 saturated carbocycles. The molecule has 0 radical (unpaired) electrons. The molecule has 2 N–H and O–H groups in total. The van der Waals surface area contributed by atoms with Gasteiger partial charge in [-0.15, -0.1) is 0 Å². The van der Waals surface area contributed by atoms with Crippen LogP contribution in [0.1, 0.15) is 23.2 Å². The van der Waals surface area contributed by atoms with E-state index >= 15 is 0 Å². The van der Waals surface area contributed by atoms with E-state index in [-0.39, 0.29) is 17.2 Å². The molecule has 0 bridgehead atoms. The monoisotopic (exact) mass is 390 g/mol. The van der Waals surface area contributed by atoms with Crippen molar-refractivity contribution in [2.24, 2.45) is 13.0 Å². The number of benzene rings is 2. The zero-order valence-corrected chi connectivity index (χ0v) is 16.1. The van der Waals surface area contributed by atoms with Gasteiger partial charge in [0.05, 0.1) is 6.20 Å². The van der Waals surface area contributed by atoms with Crippen molar-refractivity contribution in [3.8, 4) is 11.5 Å². The Hall–Kier alpha value is -3.61. The number of hydrogen-bond donors (Lipinski definition) is 2. The Morgan fingerprint density at radius 3 is 2.72 bits per heavy atom. The van der Waals surface area contributed by atoms with Gasteiger partial charge in [0.2, 0.25) is 0 Å². The van der Waals surface area contributed by atoms with Gasteiger partial charge in [-0.3, -0.25) is 9.59 Å². The average Bonchev–Trinajstić information content (AvgIpc) is 3.57. The lowest BCUT2D eigenvalue weighted by Gasteiger charge is -2.13. The number of aromatic nitrogens is 2. The summed E-state index contributed by atoms with van der Waals surface area (Å²) in [6.45, 7) is 0.705. The molecule has 29 heavy (non-hydrogen) atoms. The normalized spacial score (nSPS) is 13.0. The number of amides is 1. The molecule has 148 valence electrons. The molecule has 1 heterocycles. The van der Waals surface area contributed by atoms with E-state index in [1.165, 1.54) is 23.7 Å². The summed E-state index contributed by atoms with van der Waals surface area (Å²) in [6.07, 6.45) is 3.84. The third kappa shape index (κ3) is 4.63. The van der Waals surface area contributed by atoms with E-state index in [4.69, 9.17) is 4.74 Å². The maximum absolute atomic E-state index is 12.7. The lowest BCUT2D eigenvalue weighted by molar-refractivity contribution is 0.0952. The van der Waals surface area contributed by atoms with Crippen molar-refractivity contribution in [3.63, 3.8) is 0 Å². The van der Waals surface area contributed by atoms with Crippen LogP contribution in [0.25, 0.3) is 0 Å². The van der Waals surface area contributed by atoms with Gasteiger partial charge in [0.15, 0.2) is 11.4 Å². The number of nitrogens with zero attached hydrogens (tertiary/aromatic N) is 2. The fraction of sp³-hybridized carbons (Fsp3) is 0.227. The van der Waals surface area contributed by atoms with E-state index in [0.29, 0.717) is 35.2 Å². The van der Waals surface area contributed by atoms with Crippen molar-refractivity contribution >= 4 is 17.3 Å². The summed E-state index contributed by atoms with van der Waals surface area (Å²) in [5.74, 6) is 1.39. The largest absolute Gasteiger partial charge is 0.453 e. The molecular formula is C22H22N4O3. The number of carbonyl (C=O) groups excluding carboxylic acids is 1. The number of hydrogen-bond acceptors (Lipinski definition) is 5. The van der Waals surface area contributed by atoms with Crippen LogP contribution in [-0.4, -0.2) is 22.2 Å². The van der Waals surface area contributed by atoms with Crippen LogP contribution in [0.4, 0.5) is 11.4 Å². The molecule has 1 fully saturated rings. The van der Waals surface area contributed by atoms with Crippen molar-refractivity contribution in [2.75, 3.05) is 11.9 Å². The molecule has 0 aliphatic heterocycles. The molecular weight excluding hydrogens is 368 g/mol. The van der Waals surface area contributed by atoms with E-state index in [0.717, 1.165) is 0 Å². The Balaban J connectivity index is 1.58. The lowest BCUT2D eigenvalue weighted by Crippen LogP contribution is -2.25. The van der Waals surface area contributed by atoms with Gasteiger partial charge in [-0.05, 0) is 49.1 Å². The summed E-state index contributed by atoms with van der Waals surface area (Å²) in [5.41, 5.74) is 1.07. The number of para-hydroxylation sites is 1. The Bertz CT molecular complexity index is 1070. The van der Waals surface area contributed by atoms with Crippen LogP contribution in [0.2, 0.25) is 0 Å². The Morgan fingerprint density at radius 2 is 1.97 bits per heavy atom. The van der Waals surface area contributed by atoms with Crippen LogP contribution >= 0.6 is 0 Å². The number of nitrogens with one attached hydrogen (secondary N) is 2. The van der Waals surface area contributed by atoms with Gasteiger partial charge >= 0.3 is 0 Å². The quantitative estimate of drug-likeness (QED) is 0.645. The van der Waals surface area contributed by atoms with Crippen molar-refractivity contribution in [2.45, 2.75) is 12.8 Å². The number of aryl methyl sites for hydroxylation is 1. The SMILES string of the molecule is Cn1ncc(Oc2ccccc2)c(Nc2cccc(C(=O)NCC3CC3)c2)c1=O. The van der Waals surface area contributed by atoms with Crippen molar-refractivity contribution < 1.29 is 9.53 Å². The number of ether oxygens (including phenoxy) is 1. The third-order valence-electron chi connectivity index (χ3n) is 4.72. The molecule has 0 atom stereocenters. The fourth-order valence-corrected chi connectivity index (χ4v) is 2.87. The van der Waals surface area contributed by atoms with E-state index in [1.807, 2.05) is 18.2 Å². The molecule has 2 aromatic carbocycles. The van der Waals surface area contributed by atoms with Crippen molar-refractivity contribution in [1.29, 1.82) is 0 Å². The van der Waals surface area contributed by atoms with E-state index in [1.54, 1.807) is 43.4 Å². The molecule has 7 heteroatoms. The van der Waals surface area contributed by atoms with Crippen LogP contribution in [0, 0.1) is 5.92 Å². The summed E-state index contributed by atoms with van der Waals surface area (Å²) in [5, 5.41) is 10.1. The highest BCUT2D eigenvalue weighted by atomic mass is 16.5. The van der Waals surface area contributed by atoms with E-state index < -0.39 is 0 Å². The molecule has 1 aliphatic rings. The number of rotatable bonds is 7. The smallest absolute Gasteiger partial charge is 0.294 e. The molecule has 1 aromatic heterocycles. The minimum absolute atomic E-state index is 0.121. The predicted octanol–water partition coefficient (Wildman–Crippen LogP) is 3.46. The van der Waals surface area contributed by atoms with Crippen LogP contribution in [0.3, 0.4) is 0 Å².